The van der Waals surface area contributed by atoms with Gasteiger partial charge < -0.3 is 10.1 Å². The molecule has 0 amide bonds. The summed E-state index contributed by atoms with van der Waals surface area (Å²) in [6.07, 6.45) is -0.107. The molecule has 0 saturated heterocycles. The SMILES string of the molecule is CNCC(C)Oc1cc([N+](=O)[O-])ccc1Cl. The van der Waals surface area contributed by atoms with Gasteiger partial charge in [-0.1, -0.05) is 11.6 Å². The number of nitrogens with one attached hydrogen (secondary N) is 1. The monoisotopic (exact) mass is 244 g/mol. The third-order valence-corrected chi connectivity index (χ3v) is 2.26. The Morgan fingerprint density at radius 2 is 2.31 bits per heavy atom. The number of hydrogen-bond donors (Lipinski definition) is 1. The van der Waals surface area contributed by atoms with Gasteiger partial charge >= 0.3 is 0 Å². The lowest BCUT2D eigenvalue weighted by molar-refractivity contribution is -0.384. The van der Waals surface area contributed by atoms with Crippen LogP contribution in [0.15, 0.2) is 18.2 Å². The van der Waals surface area contributed by atoms with Crippen LogP contribution in [0.25, 0.3) is 0 Å². The Hall–Kier alpha value is -1.33. The van der Waals surface area contributed by atoms with Crippen molar-refractivity contribution in [3.63, 3.8) is 0 Å². The van der Waals surface area contributed by atoms with Gasteiger partial charge in [0, 0.05) is 12.6 Å². The smallest absolute Gasteiger partial charge is 0.273 e. The van der Waals surface area contributed by atoms with Gasteiger partial charge in [0.15, 0.2) is 0 Å². The zero-order valence-corrected chi connectivity index (χ0v) is 9.82. The molecule has 0 aliphatic carbocycles. The number of likely N-dealkylation sites (N-methyl/N-ethyl adjacent to an activating group) is 1. The number of hydrogen-bond acceptors (Lipinski definition) is 4. The van der Waals surface area contributed by atoms with E-state index in [-0.39, 0.29) is 11.8 Å². The standard InChI is InChI=1S/C10H13ClN2O3/c1-7(6-12-2)16-10-5-8(13(14)15)3-4-9(10)11/h3-5,7,12H,6H2,1-2H3. The second-order valence-electron chi connectivity index (χ2n) is 3.36. The van der Waals surface area contributed by atoms with Crippen molar-refractivity contribution in [1.82, 2.24) is 5.32 Å². The van der Waals surface area contributed by atoms with Crippen molar-refractivity contribution >= 4 is 17.3 Å². The third kappa shape index (κ3) is 3.36. The average Bonchev–Trinajstić information content (AvgIpc) is 2.21. The van der Waals surface area contributed by atoms with E-state index in [0.717, 1.165) is 0 Å². The van der Waals surface area contributed by atoms with E-state index < -0.39 is 4.92 Å². The Balaban J connectivity index is 2.85. The summed E-state index contributed by atoms with van der Waals surface area (Å²) in [5.41, 5.74) is -0.0314. The summed E-state index contributed by atoms with van der Waals surface area (Å²) in [6, 6.07) is 4.13. The van der Waals surface area contributed by atoms with Gasteiger partial charge in [0.1, 0.15) is 11.9 Å². The first-order valence-electron chi connectivity index (χ1n) is 4.79. The number of ether oxygens (including phenoxy) is 1. The zero-order chi connectivity index (χ0) is 12.1. The zero-order valence-electron chi connectivity index (χ0n) is 9.07. The van der Waals surface area contributed by atoms with Crippen LogP contribution in [0.3, 0.4) is 0 Å². The predicted molar refractivity (Wildman–Crippen MR) is 62.1 cm³/mol. The topological polar surface area (TPSA) is 64.4 Å². The van der Waals surface area contributed by atoms with Crippen LogP contribution in [0.4, 0.5) is 5.69 Å². The number of nitrogens with zero attached hydrogens (tertiary/aromatic N) is 1. The lowest BCUT2D eigenvalue weighted by atomic mass is 10.3. The van der Waals surface area contributed by atoms with Gasteiger partial charge in [0.2, 0.25) is 0 Å². The van der Waals surface area contributed by atoms with Crippen LogP contribution < -0.4 is 10.1 Å². The molecule has 0 spiro atoms. The normalized spacial score (nSPS) is 12.2. The summed E-state index contributed by atoms with van der Waals surface area (Å²) >= 11 is 5.88. The molecule has 0 heterocycles. The van der Waals surface area contributed by atoms with Crippen molar-refractivity contribution in [2.45, 2.75) is 13.0 Å². The highest BCUT2D eigenvalue weighted by Crippen LogP contribution is 2.29. The van der Waals surface area contributed by atoms with Gasteiger partial charge in [-0.2, -0.15) is 0 Å². The van der Waals surface area contributed by atoms with Gasteiger partial charge in [-0.05, 0) is 20.0 Å². The number of non-ortho nitro benzene ring substituents is 1. The Bertz CT molecular complexity index is 384. The highest BCUT2D eigenvalue weighted by molar-refractivity contribution is 6.32. The minimum absolute atomic E-state index is 0.0314. The molecule has 1 N–H and O–H groups in total. The molecule has 1 rings (SSSR count). The largest absolute Gasteiger partial charge is 0.488 e. The van der Waals surface area contributed by atoms with E-state index in [0.29, 0.717) is 17.3 Å². The summed E-state index contributed by atoms with van der Waals surface area (Å²) in [7, 11) is 1.80. The molecule has 0 aromatic heterocycles. The van der Waals surface area contributed by atoms with Gasteiger partial charge in [0.25, 0.3) is 5.69 Å². The number of rotatable bonds is 5. The molecule has 1 aromatic carbocycles. The summed E-state index contributed by atoms with van der Waals surface area (Å²) in [6.45, 7) is 2.49. The highest BCUT2D eigenvalue weighted by atomic mass is 35.5. The van der Waals surface area contributed by atoms with Crippen molar-refractivity contribution < 1.29 is 9.66 Å². The van der Waals surface area contributed by atoms with E-state index in [1.165, 1.54) is 18.2 Å². The molecular formula is C10H13ClN2O3. The molecule has 1 unspecified atom stereocenters. The Kier molecular flexibility index (Phi) is 4.52. The third-order valence-electron chi connectivity index (χ3n) is 1.95. The lowest BCUT2D eigenvalue weighted by Gasteiger charge is -2.14. The Morgan fingerprint density at radius 3 is 2.88 bits per heavy atom. The maximum Gasteiger partial charge on any atom is 0.273 e. The van der Waals surface area contributed by atoms with Crippen molar-refractivity contribution in [3.05, 3.63) is 33.3 Å². The van der Waals surface area contributed by atoms with Gasteiger partial charge in [-0.3, -0.25) is 10.1 Å². The number of nitro benzene ring substituents is 1. The molecule has 0 bridgehead atoms. The lowest BCUT2D eigenvalue weighted by Crippen LogP contribution is -2.26. The number of benzene rings is 1. The summed E-state index contributed by atoms with van der Waals surface area (Å²) in [4.78, 5) is 10.1. The first-order valence-corrected chi connectivity index (χ1v) is 5.17. The van der Waals surface area contributed by atoms with E-state index in [1.807, 2.05) is 6.92 Å². The minimum atomic E-state index is -0.480. The molecule has 0 aliphatic heterocycles. The fourth-order valence-corrected chi connectivity index (χ4v) is 1.40. The molecular weight excluding hydrogens is 232 g/mol. The van der Waals surface area contributed by atoms with Gasteiger partial charge in [-0.15, -0.1) is 0 Å². The summed E-state index contributed by atoms with van der Waals surface area (Å²) < 4.78 is 5.48. The first-order chi connectivity index (χ1) is 7.54. The molecule has 6 heteroatoms. The molecule has 0 aliphatic rings. The first kappa shape index (κ1) is 12.7. The van der Waals surface area contributed by atoms with Crippen molar-refractivity contribution in [2.75, 3.05) is 13.6 Å². The van der Waals surface area contributed by atoms with E-state index in [2.05, 4.69) is 5.32 Å². The second-order valence-corrected chi connectivity index (χ2v) is 3.77. The van der Waals surface area contributed by atoms with Crippen LogP contribution in [-0.4, -0.2) is 24.6 Å². The quantitative estimate of drug-likeness (QED) is 0.637. The molecule has 5 nitrogen and oxygen atoms in total. The number of nitro groups is 1. The number of halogens is 1. The van der Waals surface area contributed by atoms with E-state index >= 15 is 0 Å². The predicted octanol–water partition coefficient (Wildman–Crippen LogP) is 2.23. The highest BCUT2D eigenvalue weighted by Gasteiger charge is 2.12. The fourth-order valence-electron chi connectivity index (χ4n) is 1.24. The average molecular weight is 245 g/mol. The minimum Gasteiger partial charge on any atom is -0.488 e. The van der Waals surface area contributed by atoms with Crippen LogP contribution in [0, 0.1) is 10.1 Å². The van der Waals surface area contributed by atoms with Crippen LogP contribution in [0.1, 0.15) is 6.92 Å². The molecule has 0 saturated carbocycles. The summed E-state index contributed by atoms with van der Waals surface area (Å²) in [5.74, 6) is 0.332. The van der Waals surface area contributed by atoms with Crippen molar-refractivity contribution in [1.29, 1.82) is 0 Å². The summed E-state index contributed by atoms with van der Waals surface area (Å²) in [5, 5.41) is 13.9. The van der Waals surface area contributed by atoms with Crippen molar-refractivity contribution in [3.8, 4) is 5.75 Å². The molecule has 0 radical (unpaired) electrons. The molecule has 0 fully saturated rings. The van der Waals surface area contributed by atoms with E-state index in [1.54, 1.807) is 7.05 Å². The molecule has 1 atom stereocenters. The van der Waals surface area contributed by atoms with E-state index in [9.17, 15) is 10.1 Å². The fraction of sp³-hybridized carbons (Fsp3) is 0.400. The van der Waals surface area contributed by atoms with Crippen molar-refractivity contribution in [2.24, 2.45) is 0 Å². The molecule has 88 valence electrons. The van der Waals surface area contributed by atoms with Crippen LogP contribution in [0.5, 0.6) is 5.75 Å². The van der Waals surface area contributed by atoms with Gasteiger partial charge in [0.05, 0.1) is 16.0 Å². The molecule has 16 heavy (non-hydrogen) atoms. The Morgan fingerprint density at radius 1 is 1.62 bits per heavy atom. The van der Waals surface area contributed by atoms with Crippen LogP contribution >= 0.6 is 11.6 Å². The van der Waals surface area contributed by atoms with Crippen LogP contribution in [-0.2, 0) is 0 Å². The second kappa shape index (κ2) is 5.67. The Labute approximate surface area is 98.5 Å². The maximum atomic E-state index is 10.6. The van der Waals surface area contributed by atoms with Crippen LogP contribution in [0.2, 0.25) is 5.02 Å². The maximum absolute atomic E-state index is 10.6. The van der Waals surface area contributed by atoms with Gasteiger partial charge in [-0.25, -0.2) is 0 Å². The molecule has 1 aromatic rings. The van der Waals surface area contributed by atoms with E-state index in [4.69, 9.17) is 16.3 Å².